The number of fused-ring (bicyclic) bond motifs is 1. The highest BCUT2D eigenvalue weighted by molar-refractivity contribution is 5.69. The van der Waals surface area contributed by atoms with E-state index in [1.807, 2.05) is 30.9 Å². The minimum Gasteiger partial charge on any atom is -0.354 e. The van der Waals surface area contributed by atoms with Crippen LogP contribution in [0.1, 0.15) is 12.1 Å². The minimum atomic E-state index is 0.723. The Morgan fingerprint density at radius 1 is 1.50 bits per heavy atom. The Bertz CT molecular complexity index is 547. The molecule has 2 aromatic heterocycles. The van der Waals surface area contributed by atoms with Gasteiger partial charge in [-0.3, -0.25) is 0 Å². The predicted octanol–water partition coefficient (Wildman–Crippen LogP) is 1.08. The number of rotatable bonds is 3. The highest BCUT2D eigenvalue weighted by Gasteiger charge is 2.24. The normalized spacial score (nSPS) is 19.9. The molecule has 5 nitrogen and oxygen atoms in total. The van der Waals surface area contributed by atoms with Gasteiger partial charge in [0.2, 0.25) is 0 Å². The fourth-order valence-corrected chi connectivity index (χ4v) is 2.75. The maximum Gasteiger partial charge on any atom is 0.154 e. The highest BCUT2D eigenvalue weighted by atomic mass is 15.3. The van der Waals surface area contributed by atoms with Crippen molar-refractivity contribution >= 4 is 11.3 Å². The molecule has 0 radical (unpaired) electrons. The Morgan fingerprint density at radius 2 is 2.39 bits per heavy atom. The zero-order chi connectivity index (χ0) is 12.5. The van der Waals surface area contributed by atoms with Crippen molar-refractivity contribution in [1.82, 2.24) is 19.9 Å². The smallest absolute Gasteiger partial charge is 0.154 e. The van der Waals surface area contributed by atoms with E-state index in [4.69, 9.17) is 0 Å². The lowest BCUT2D eigenvalue weighted by Crippen LogP contribution is -2.25. The number of aromatic nitrogens is 3. The number of anilines is 1. The summed E-state index contributed by atoms with van der Waals surface area (Å²) in [6.07, 6.45) is 4.98. The van der Waals surface area contributed by atoms with E-state index in [0.29, 0.717) is 0 Å². The van der Waals surface area contributed by atoms with Gasteiger partial charge in [-0.25, -0.2) is 9.50 Å². The summed E-state index contributed by atoms with van der Waals surface area (Å²) in [5, 5.41) is 7.70. The van der Waals surface area contributed by atoms with Gasteiger partial charge in [-0.15, -0.1) is 0 Å². The fraction of sp³-hybridized carbons (Fsp3) is 0.538. The number of nitrogens with zero attached hydrogens (tertiary/aromatic N) is 4. The molecule has 18 heavy (non-hydrogen) atoms. The molecule has 0 saturated carbocycles. The van der Waals surface area contributed by atoms with Crippen LogP contribution in [0.25, 0.3) is 5.52 Å². The summed E-state index contributed by atoms with van der Waals surface area (Å²) < 4.78 is 1.92. The third kappa shape index (κ3) is 1.95. The van der Waals surface area contributed by atoms with Crippen molar-refractivity contribution in [2.45, 2.75) is 13.3 Å². The Kier molecular flexibility index (Phi) is 2.91. The van der Waals surface area contributed by atoms with Crippen LogP contribution < -0.4 is 10.2 Å². The molecule has 96 valence electrons. The third-order valence-corrected chi connectivity index (χ3v) is 3.57. The van der Waals surface area contributed by atoms with E-state index in [-0.39, 0.29) is 0 Å². The molecule has 1 saturated heterocycles. The van der Waals surface area contributed by atoms with Crippen molar-refractivity contribution in [3.8, 4) is 0 Å². The molecular weight excluding hydrogens is 226 g/mol. The molecule has 1 aliphatic rings. The van der Waals surface area contributed by atoms with Gasteiger partial charge in [0, 0.05) is 25.5 Å². The Hall–Kier alpha value is -1.62. The first kappa shape index (κ1) is 11.5. The molecule has 3 heterocycles. The first-order chi connectivity index (χ1) is 8.78. The lowest BCUT2D eigenvalue weighted by molar-refractivity contribution is 0.549. The fourth-order valence-electron chi connectivity index (χ4n) is 2.75. The van der Waals surface area contributed by atoms with Gasteiger partial charge in [-0.1, -0.05) is 0 Å². The molecular formula is C13H19N5. The van der Waals surface area contributed by atoms with E-state index in [0.717, 1.165) is 42.6 Å². The zero-order valence-electron chi connectivity index (χ0n) is 10.9. The zero-order valence-corrected chi connectivity index (χ0v) is 10.9. The molecule has 1 aliphatic heterocycles. The second kappa shape index (κ2) is 4.57. The van der Waals surface area contributed by atoms with E-state index in [9.17, 15) is 0 Å². The van der Waals surface area contributed by atoms with Crippen molar-refractivity contribution in [2.24, 2.45) is 5.92 Å². The molecule has 0 aliphatic carbocycles. The van der Waals surface area contributed by atoms with Crippen molar-refractivity contribution in [3.63, 3.8) is 0 Å². The molecule has 0 aromatic carbocycles. The van der Waals surface area contributed by atoms with E-state index in [1.54, 1.807) is 0 Å². The van der Waals surface area contributed by atoms with Crippen LogP contribution in [0.4, 0.5) is 5.82 Å². The van der Waals surface area contributed by atoms with E-state index >= 15 is 0 Å². The Morgan fingerprint density at radius 3 is 3.22 bits per heavy atom. The first-order valence-corrected chi connectivity index (χ1v) is 6.48. The van der Waals surface area contributed by atoms with Gasteiger partial charge in [-0.05, 0) is 38.9 Å². The van der Waals surface area contributed by atoms with Crippen molar-refractivity contribution < 1.29 is 0 Å². The summed E-state index contributed by atoms with van der Waals surface area (Å²) in [6.45, 7) is 5.27. The Balaban J connectivity index is 1.90. The minimum absolute atomic E-state index is 0.723. The highest BCUT2D eigenvalue weighted by Crippen LogP contribution is 2.25. The summed E-state index contributed by atoms with van der Waals surface area (Å²) in [7, 11) is 2.02. The second-order valence-electron chi connectivity index (χ2n) is 5.02. The quantitative estimate of drug-likeness (QED) is 0.879. The van der Waals surface area contributed by atoms with Crippen molar-refractivity contribution in [3.05, 3.63) is 24.2 Å². The molecule has 0 spiro atoms. The number of hydrogen-bond acceptors (Lipinski definition) is 4. The topological polar surface area (TPSA) is 45.5 Å². The number of hydrogen-bond donors (Lipinski definition) is 1. The summed E-state index contributed by atoms with van der Waals surface area (Å²) in [4.78, 5) is 6.91. The Labute approximate surface area is 107 Å². The summed E-state index contributed by atoms with van der Waals surface area (Å²) in [5.74, 6) is 1.79. The number of aryl methyl sites for hydroxylation is 1. The van der Waals surface area contributed by atoms with Crippen molar-refractivity contribution in [1.29, 1.82) is 0 Å². The molecule has 1 fully saturated rings. The summed E-state index contributed by atoms with van der Waals surface area (Å²) in [5.41, 5.74) is 2.15. The first-order valence-electron chi connectivity index (χ1n) is 6.48. The molecule has 5 heteroatoms. The average Bonchev–Trinajstić information content (AvgIpc) is 2.94. The standard InChI is InChI=1S/C13H19N5/c1-10-7-12-13(15-4-6-18(12)16-10)17-5-3-11(9-17)8-14-2/h4,6-7,11,14H,3,5,8-9H2,1-2H3. The van der Waals surface area contributed by atoms with Crippen LogP contribution in [0.15, 0.2) is 18.5 Å². The van der Waals surface area contributed by atoms with Crippen LogP contribution in [0.2, 0.25) is 0 Å². The van der Waals surface area contributed by atoms with Gasteiger partial charge in [0.05, 0.1) is 5.69 Å². The van der Waals surface area contributed by atoms with E-state index in [1.165, 1.54) is 6.42 Å². The van der Waals surface area contributed by atoms with Gasteiger partial charge in [0.15, 0.2) is 5.82 Å². The van der Waals surface area contributed by atoms with Gasteiger partial charge < -0.3 is 10.2 Å². The van der Waals surface area contributed by atoms with Crippen LogP contribution in [-0.2, 0) is 0 Å². The lowest BCUT2D eigenvalue weighted by atomic mass is 10.1. The van der Waals surface area contributed by atoms with E-state index < -0.39 is 0 Å². The molecule has 1 atom stereocenters. The predicted molar refractivity (Wildman–Crippen MR) is 72.0 cm³/mol. The number of nitrogens with one attached hydrogen (secondary N) is 1. The molecule has 1 N–H and O–H groups in total. The van der Waals surface area contributed by atoms with Gasteiger partial charge in [0.1, 0.15) is 5.52 Å². The monoisotopic (exact) mass is 245 g/mol. The van der Waals surface area contributed by atoms with Crippen LogP contribution in [0.5, 0.6) is 0 Å². The van der Waals surface area contributed by atoms with Crippen molar-refractivity contribution in [2.75, 3.05) is 31.6 Å². The molecule has 1 unspecified atom stereocenters. The average molecular weight is 245 g/mol. The lowest BCUT2D eigenvalue weighted by Gasteiger charge is -2.18. The van der Waals surface area contributed by atoms with Gasteiger partial charge in [0.25, 0.3) is 0 Å². The van der Waals surface area contributed by atoms with Crippen LogP contribution >= 0.6 is 0 Å². The maximum absolute atomic E-state index is 4.54. The largest absolute Gasteiger partial charge is 0.354 e. The van der Waals surface area contributed by atoms with Gasteiger partial charge >= 0.3 is 0 Å². The third-order valence-electron chi connectivity index (χ3n) is 3.57. The van der Waals surface area contributed by atoms with Gasteiger partial charge in [-0.2, -0.15) is 5.10 Å². The molecule has 0 amide bonds. The van der Waals surface area contributed by atoms with Crippen LogP contribution in [0, 0.1) is 12.8 Å². The maximum atomic E-state index is 4.54. The van der Waals surface area contributed by atoms with E-state index in [2.05, 4.69) is 26.4 Å². The SMILES string of the molecule is CNCC1CCN(c2nccn3nc(C)cc23)C1. The summed E-state index contributed by atoms with van der Waals surface area (Å²) >= 11 is 0. The molecule has 2 aromatic rings. The molecule has 3 rings (SSSR count). The van der Waals surface area contributed by atoms with Crippen LogP contribution in [0.3, 0.4) is 0 Å². The molecule has 0 bridgehead atoms. The van der Waals surface area contributed by atoms with Crippen LogP contribution in [-0.4, -0.2) is 41.3 Å². The second-order valence-corrected chi connectivity index (χ2v) is 5.02. The summed E-state index contributed by atoms with van der Waals surface area (Å²) in [6, 6.07) is 2.10.